The van der Waals surface area contributed by atoms with Gasteiger partial charge in [-0.3, -0.25) is 4.98 Å². The summed E-state index contributed by atoms with van der Waals surface area (Å²) in [6.07, 6.45) is 9.93. The SMILES string of the molecule is Cc1ccncc1CCCN1C[C@H]2CCC[C@@]2(c2nc(C(C)C)no2)C1. The quantitative estimate of drug-likeness (QED) is 0.788. The van der Waals surface area contributed by atoms with Gasteiger partial charge < -0.3 is 9.42 Å². The fourth-order valence-corrected chi connectivity index (χ4v) is 4.84. The Morgan fingerprint density at radius 1 is 1.38 bits per heavy atom. The largest absolute Gasteiger partial charge is 0.339 e. The average Bonchev–Trinajstić information content (AvgIpc) is 3.30. The van der Waals surface area contributed by atoms with Gasteiger partial charge in [0.15, 0.2) is 5.82 Å². The van der Waals surface area contributed by atoms with E-state index in [4.69, 9.17) is 9.51 Å². The summed E-state index contributed by atoms with van der Waals surface area (Å²) in [6.45, 7) is 9.81. The molecule has 0 aromatic carbocycles. The molecule has 5 nitrogen and oxygen atoms in total. The Kier molecular flexibility index (Phi) is 4.82. The number of hydrogen-bond donors (Lipinski definition) is 0. The maximum Gasteiger partial charge on any atom is 0.234 e. The highest BCUT2D eigenvalue weighted by Gasteiger charge is 2.53. The van der Waals surface area contributed by atoms with E-state index in [2.05, 4.69) is 41.9 Å². The number of aromatic nitrogens is 3. The van der Waals surface area contributed by atoms with Gasteiger partial charge in [-0.25, -0.2) is 0 Å². The maximum absolute atomic E-state index is 5.76. The standard InChI is InChI=1S/C21H30N4O/c1-15(2)19-23-20(26-24-19)21-9-4-7-18(21)13-25(14-21)11-5-6-17-12-22-10-8-16(17)3/h8,10,12,15,18H,4-7,9,11,13-14H2,1-3H3/t18-,21-/m1/s1. The number of pyridine rings is 1. The molecule has 0 unspecified atom stereocenters. The monoisotopic (exact) mass is 354 g/mol. The van der Waals surface area contributed by atoms with Gasteiger partial charge in [0, 0.05) is 31.4 Å². The van der Waals surface area contributed by atoms with Crippen LogP contribution in [0.5, 0.6) is 0 Å². The molecule has 2 aromatic heterocycles. The summed E-state index contributed by atoms with van der Waals surface area (Å²) in [5.41, 5.74) is 2.83. The summed E-state index contributed by atoms with van der Waals surface area (Å²) in [5.74, 6) is 2.74. The summed E-state index contributed by atoms with van der Waals surface area (Å²) in [4.78, 5) is 11.7. The van der Waals surface area contributed by atoms with Gasteiger partial charge in [-0.05, 0) is 62.3 Å². The van der Waals surface area contributed by atoms with Crippen molar-refractivity contribution in [3.63, 3.8) is 0 Å². The van der Waals surface area contributed by atoms with Crippen LogP contribution in [0, 0.1) is 12.8 Å². The van der Waals surface area contributed by atoms with E-state index < -0.39 is 0 Å². The van der Waals surface area contributed by atoms with Gasteiger partial charge in [0.2, 0.25) is 5.89 Å². The molecule has 2 aliphatic rings. The molecular formula is C21H30N4O. The Bertz CT molecular complexity index is 756. The van der Waals surface area contributed by atoms with Crippen LogP contribution in [-0.4, -0.2) is 39.7 Å². The lowest BCUT2D eigenvalue weighted by Crippen LogP contribution is -2.32. The number of nitrogens with zero attached hydrogens (tertiary/aromatic N) is 4. The fraction of sp³-hybridized carbons (Fsp3) is 0.667. The minimum atomic E-state index is 0.102. The number of aryl methyl sites for hydroxylation is 2. The first kappa shape index (κ1) is 17.7. The third-order valence-electron chi connectivity index (χ3n) is 6.39. The van der Waals surface area contributed by atoms with E-state index in [1.807, 2.05) is 12.4 Å². The lowest BCUT2D eigenvalue weighted by Gasteiger charge is -2.24. The molecule has 1 aliphatic carbocycles. The molecule has 0 spiro atoms. The molecule has 0 N–H and O–H groups in total. The van der Waals surface area contributed by atoms with Gasteiger partial charge in [0.05, 0.1) is 5.41 Å². The maximum atomic E-state index is 5.76. The zero-order valence-electron chi connectivity index (χ0n) is 16.2. The van der Waals surface area contributed by atoms with E-state index >= 15 is 0 Å². The number of hydrogen-bond acceptors (Lipinski definition) is 5. The second-order valence-electron chi connectivity index (χ2n) is 8.50. The van der Waals surface area contributed by atoms with Gasteiger partial charge >= 0.3 is 0 Å². The third-order valence-corrected chi connectivity index (χ3v) is 6.39. The molecule has 5 heteroatoms. The van der Waals surface area contributed by atoms with E-state index in [1.165, 1.54) is 43.4 Å². The number of rotatable bonds is 6. The van der Waals surface area contributed by atoms with Crippen molar-refractivity contribution in [1.82, 2.24) is 20.0 Å². The number of fused-ring (bicyclic) bond motifs is 1. The summed E-state index contributed by atoms with van der Waals surface area (Å²) in [5, 5.41) is 4.24. The Morgan fingerprint density at radius 3 is 3.04 bits per heavy atom. The second-order valence-corrected chi connectivity index (χ2v) is 8.50. The first-order valence-corrected chi connectivity index (χ1v) is 10.0. The van der Waals surface area contributed by atoms with Crippen molar-refractivity contribution in [2.75, 3.05) is 19.6 Å². The van der Waals surface area contributed by atoms with Crippen molar-refractivity contribution >= 4 is 0 Å². The predicted molar refractivity (Wildman–Crippen MR) is 101 cm³/mol. The zero-order valence-corrected chi connectivity index (χ0v) is 16.2. The molecule has 2 fully saturated rings. The predicted octanol–water partition coefficient (Wildman–Crippen LogP) is 3.88. The molecule has 140 valence electrons. The van der Waals surface area contributed by atoms with Gasteiger partial charge in [-0.2, -0.15) is 4.98 Å². The zero-order chi connectivity index (χ0) is 18.1. The minimum absolute atomic E-state index is 0.102. The summed E-state index contributed by atoms with van der Waals surface area (Å²) in [7, 11) is 0. The summed E-state index contributed by atoms with van der Waals surface area (Å²) < 4.78 is 5.76. The topological polar surface area (TPSA) is 55.1 Å². The van der Waals surface area contributed by atoms with Crippen molar-refractivity contribution in [2.45, 2.75) is 64.2 Å². The van der Waals surface area contributed by atoms with Crippen LogP contribution in [0.3, 0.4) is 0 Å². The molecular weight excluding hydrogens is 324 g/mol. The Labute approximate surface area is 156 Å². The van der Waals surface area contributed by atoms with Crippen molar-refractivity contribution < 1.29 is 4.52 Å². The molecule has 2 atom stereocenters. The number of likely N-dealkylation sites (tertiary alicyclic amines) is 1. The molecule has 4 rings (SSSR count). The Morgan fingerprint density at radius 2 is 2.27 bits per heavy atom. The normalized spacial score (nSPS) is 25.9. The molecule has 0 radical (unpaired) electrons. The molecule has 1 saturated carbocycles. The van der Waals surface area contributed by atoms with E-state index in [0.29, 0.717) is 11.8 Å². The Hall–Kier alpha value is -1.75. The van der Waals surface area contributed by atoms with Crippen molar-refractivity contribution in [3.8, 4) is 0 Å². The van der Waals surface area contributed by atoms with Gasteiger partial charge in [0.25, 0.3) is 0 Å². The second kappa shape index (κ2) is 7.10. The third kappa shape index (κ3) is 3.18. The smallest absolute Gasteiger partial charge is 0.234 e. The first-order chi connectivity index (χ1) is 12.6. The molecule has 2 aromatic rings. The highest BCUT2D eigenvalue weighted by molar-refractivity contribution is 5.21. The molecule has 1 saturated heterocycles. The molecule has 0 bridgehead atoms. The van der Waals surface area contributed by atoms with Crippen LogP contribution in [0.1, 0.15) is 68.3 Å². The van der Waals surface area contributed by atoms with Gasteiger partial charge in [0.1, 0.15) is 0 Å². The van der Waals surface area contributed by atoms with Crippen molar-refractivity contribution in [2.24, 2.45) is 5.92 Å². The summed E-state index contributed by atoms with van der Waals surface area (Å²) in [6, 6.07) is 2.10. The molecule has 26 heavy (non-hydrogen) atoms. The lowest BCUT2D eigenvalue weighted by atomic mass is 9.80. The highest BCUT2D eigenvalue weighted by Crippen LogP contribution is 2.50. The van der Waals surface area contributed by atoms with E-state index in [0.717, 1.165) is 31.2 Å². The van der Waals surface area contributed by atoms with Crippen LogP contribution in [0.2, 0.25) is 0 Å². The van der Waals surface area contributed by atoms with Crippen LogP contribution in [-0.2, 0) is 11.8 Å². The van der Waals surface area contributed by atoms with Crippen LogP contribution < -0.4 is 0 Å². The van der Waals surface area contributed by atoms with Gasteiger partial charge in [-0.1, -0.05) is 25.4 Å². The van der Waals surface area contributed by atoms with Crippen molar-refractivity contribution in [3.05, 3.63) is 41.3 Å². The average molecular weight is 354 g/mol. The van der Waals surface area contributed by atoms with E-state index in [1.54, 1.807) is 0 Å². The Balaban J connectivity index is 1.41. The first-order valence-electron chi connectivity index (χ1n) is 10.0. The highest BCUT2D eigenvalue weighted by atomic mass is 16.5. The fourth-order valence-electron chi connectivity index (χ4n) is 4.84. The molecule has 0 amide bonds. The van der Waals surface area contributed by atoms with Gasteiger partial charge in [-0.15, -0.1) is 0 Å². The van der Waals surface area contributed by atoms with Crippen LogP contribution in [0.4, 0.5) is 0 Å². The van der Waals surface area contributed by atoms with Crippen LogP contribution >= 0.6 is 0 Å². The molecule has 1 aliphatic heterocycles. The minimum Gasteiger partial charge on any atom is -0.339 e. The van der Waals surface area contributed by atoms with Crippen LogP contribution in [0.15, 0.2) is 23.0 Å². The lowest BCUT2D eigenvalue weighted by molar-refractivity contribution is 0.246. The van der Waals surface area contributed by atoms with E-state index in [9.17, 15) is 0 Å². The van der Waals surface area contributed by atoms with E-state index in [-0.39, 0.29) is 5.41 Å². The van der Waals surface area contributed by atoms with Crippen molar-refractivity contribution in [1.29, 1.82) is 0 Å². The van der Waals surface area contributed by atoms with Crippen LogP contribution in [0.25, 0.3) is 0 Å². The molecule has 3 heterocycles. The summed E-state index contributed by atoms with van der Waals surface area (Å²) >= 11 is 0.